The molecule has 1 heterocycles. The molecule has 0 fully saturated rings. The van der Waals surface area contributed by atoms with Gasteiger partial charge in [0, 0.05) is 11.1 Å². The molecule has 1 heteroatoms. The standard InChI is InChI=1S/C54H32O/c1-2-14-36-33(13-1)25-29-42-41-28-26-34(31-48(41)54(52(36)42)45-21-9-5-17-39(45)40-18-6-10-22-46(40)54)35-27-30-51-49(32-35)53(47-23-11-12-24-50(47)55-51)43-19-7-3-15-37(43)38-16-4-8-20-44(38)53/h1-32H. The van der Waals surface area contributed by atoms with Gasteiger partial charge < -0.3 is 4.74 Å². The van der Waals surface area contributed by atoms with Gasteiger partial charge in [0.1, 0.15) is 11.5 Å². The molecular weight excluding hydrogens is 665 g/mol. The molecule has 0 unspecified atom stereocenters. The van der Waals surface area contributed by atoms with Gasteiger partial charge in [-0.1, -0.05) is 170 Å². The Balaban J connectivity index is 1.10. The zero-order valence-corrected chi connectivity index (χ0v) is 29.9. The van der Waals surface area contributed by atoms with Crippen LogP contribution < -0.4 is 4.74 Å². The maximum atomic E-state index is 6.80. The van der Waals surface area contributed by atoms with Crippen LogP contribution in [0.15, 0.2) is 194 Å². The summed E-state index contributed by atoms with van der Waals surface area (Å²) in [6.45, 7) is 0. The molecule has 1 aliphatic heterocycles. The fourth-order valence-electron chi connectivity index (χ4n) is 11.1. The summed E-state index contributed by atoms with van der Waals surface area (Å²) >= 11 is 0. The molecule has 9 aromatic carbocycles. The van der Waals surface area contributed by atoms with E-state index in [-0.39, 0.29) is 0 Å². The summed E-state index contributed by atoms with van der Waals surface area (Å²) in [5.74, 6) is 1.82. The predicted octanol–water partition coefficient (Wildman–Crippen LogP) is 13.3. The molecular formula is C54H32O. The zero-order chi connectivity index (χ0) is 35.9. The van der Waals surface area contributed by atoms with Crippen LogP contribution >= 0.6 is 0 Å². The molecule has 4 aliphatic rings. The minimum atomic E-state index is -0.510. The first-order valence-electron chi connectivity index (χ1n) is 19.3. The predicted molar refractivity (Wildman–Crippen MR) is 223 cm³/mol. The van der Waals surface area contributed by atoms with E-state index in [4.69, 9.17) is 4.74 Å². The second kappa shape index (κ2) is 10.4. The summed E-state index contributed by atoms with van der Waals surface area (Å²) in [5, 5.41) is 2.59. The number of hydrogen-bond acceptors (Lipinski definition) is 1. The van der Waals surface area contributed by atoms with Crippen LogP contribution in [0.25, 0.3) is 55.3 Å². The van der Waals surface area contributed by atoms with Gasteiger partial charge in [0.25, 0.3) is 0 Å². The Morgan fingerprint density at radius 2 is 0.745 bits per heavy atom. The van der Waals surface area contributed by atoms with Crippen LogP contribution in [0.3, 0.4) is 0 Å². The van der Waals surface area contributed by atoms with Gasteiger partial charge in [-0.2, -0.15) is 0 Å². The Morgan fingerprint density at radius 1 is 0.291 bits per heavy atom. The van der Waals surface area contributed by atoms with Crippen LogP contribution in [-0.2, 0) is 10.8 Å². The van der Waals surface area contributed by atoms with Crippen molar-refractivity contribution in [2.24, 2.45) is 0 Å². The molecule has 0 radical (unpaired) electrons. The van der Waals surface area contributed by atoms with Crippen molar-refractivity contribution < 1.29 is 4.74 Å². The van der Waals surface area contributed by atoms with Crippen molar-refractivity contribution in [3.05, 3.63) is 239 Å². The molecule has 2 spiro atoms. The van der Waals surface area contributed by atoms with Gasteiger partial charge in [0.05, 0.1) is 10.8 Å². The maximum Gasteiger partial charge on any atom is 0.132 e. The largest absolute Gasteiger partial charge is 0.457 e. The van der Waals surface area contributed by atoms with Crippen molar-refractivity contribution in [3.8, 4) is 56.0 Å². The van der Waals surface area contributed by atoms with Crippen LogP contribution in [-0.4, -0.2) is 0 Å². The van der Waals surface area contributed by atoms with Crippen LogP contribution in [0.4, 0.5) is 0 Å². The first-order valence-corrected chi connectivity index (χ1v) is 19.3. The third-order valence-electron chi connectivity index (χ3n) is 13.2. The van der Waals surface area contributed by atoms with E-state index >= 15 is 0 Å². The molecule has 55 heavy (non-hydrogen) atoms. The van der Waals surface area contributed by atoms with E-state index in [0.717, 1.165) is 11.5 Å². The van der Waals surface area contributed by atoms with Gasteiger partial charge in [-0.25, -0.2) is 0 Å². The molecule has 254 valence electrons. The highest BCUT2D eigenvalue weighted by Crippen LogP contribution is 2.65. The lowest BCUT2D eigenvalue weighted by Crippen LogP contribution is -2.32. The van der Waals surface area contributed by atoms with Gasteiger partial charge >= 0.3 is 0 Å². The molecule has 0 N–H and O–H groups in total. The fraction of sp³-hybridized carbons (Fsp3) is 0.0370. The summed E-state index contributed by atoms with van der Waals surface area (Å²) in [6.07, 6.45) is 0. The molecule has 3 aliphatic carbocycles. The average molecular weight is 697 g/mol. The van der Waals surface area contributed by atoms with Crippen LogP contribution in [0.2, 0.25) is 0 Å². The minimum absolute atomic E-state index is 0.449. The molecule has 0 amide bonds. The van der Waals surface area contributed by atoms with E-state index in [9.17, 15) is 0 Å². The van der Waals surface area contributed by atoms with Crippen molar-refractivity contribution in [2.75, 3.05) is 0 Å². The molecule has 0 saturated heterocycles. The van der Waals surface area contributed by atoms with Gasteiger partial charge in [0.2, 0.25) is 0 Å². The van der Waals surface area contributed by atoms with Crippen molar-refractivity contribution in [1.29, 1.82) is 0 Å². The summed E-state index contributed by atoms with van der Waals surface area (Å²) in [7, 11) is 0. The van der Waals surface area contributed by atoms with Gasteiger partial charge in [-0.15, -0.1) is 0 Å². The third kappa shape index (κ3) is 3.46. The summed E-state index contributed by atoms with van der Waals surface area (Å²) < 4.78 is 6.80. The van der Waals surface area contributed by atoms with Crippen molar-refractivity contribution >= 4 is 10.8 Å². The Hall–Kier alpha value is -6.96. The summed E-state index contributed by atoms with van der Waals surface area (Å²) in [6, 6.07) is 72.4. The van der Waals surface area contributed by atoms with E-state index in [1.807, 2.05) is 0 Å². The Labute approximate surface area is 319 Å². The van der Waals surface area contributed by atoms with E-state index in [0.29, 0.717) is 0 Å². The highest BCUT2D eigenvalue weighted by atomic mass is 16.5. The lowest BCUT2D eigenvalue weighted by molar-refractivity contribution is 0.436. The molecule has 0 bridgehead atoms. The van der Waals surface area contributed by atoms with Crippen molar-refractivity contribution in [1.82, 2.24) is 0 Å². The Kier molecular flexibility index (Phi) is 5.56. The second-order valence-electron chi connectivity index (χ2n) is 15.5. The highest BCUT2D eigenvalue weighted by Gasteiger charge is 2.53. The number of benzene rings is 9. The first-order chi connectivity index (χ1) is 27.3. The second-order valence-corrected chi connectivity index (χ2v) is 15.5. The Morgan fingerprint density at radius 3 is 1.40 bits per heavy atom. The topological polar surface area (TPSA) is 9.23 Å². The van der Waals surface area contributed by atoms with E-state index < -0.39 is 10.8 Å². The third-order valence-corrected chi connectivity index (χ3v) is 13.2. The summed E-state index contributed by atoms with van der Waals surface area (Å²) in [4.78, 5) is 0. The van der Waals surface area contributed by atoms with E-state index in [2.05, 4.69) is 194 Å². The highest BCUT2D eigenvalue weighted by molar-refractivity contribution is 6.04. The Bertz CT molecular complexity index is 3050. The van der Waals surface area contributed by atoms with Crippen molar-refractivity contribution in [3.63, 3.8) is 0 Å². The molecule has 13 rings (SSSR count). The quantitative estimate of drug-likeness (QED) is 0.166. The van der Waals surface area contributed by atoms with Crippen LogP contribution in [0, 0.1) is 0 Å². The van der Waals surface area contributed by atoms with Gasteiger partial charge in [-0.3, -0.25) is 0 Å². The molecule has 9 aromatic rings. The molecule has 0 atom stereocenters. The van der Waals surface area contributed by atoms with Crippen LogP contribution in [0.5, 0.6) is 11.5 Å². The number of hydrogen-bond donors (Lipinski definition) is 0. The van der Waals surface area contributed by atoms with E-state index in [1.54, 1.807) is 0 Å². The fourth-order valence-corrected chi connectivity index (χ4v) is 11.1. The number of para-hydroxylation sites is 1. The van der Waals surface area contributed by atoms with Gasteiger partial charge in [0.15, 0.2) is 0 Å². The van der Waals surface area contributed by atoms with E-state index in [1.165, 1.54) is 99.8 Å². The summed E-state index contributed by atoms with van der Waals surface area (Å²) in [5.41, 5.74) is 19.7. The number of rotatable bonds is 1. The maximum absolute atomic E-state index is 6.80. The van der Waals surface area contributed by atoms with Gasteiger partial charge in [-0.05, 0) is 113 Å². The lowest BCUT2D eigenvalue weighted by atomic mass is 9.65. The lowest BCUT2D eigenvalue weighted by Gasteiger charge is -2.39. The minimum Gasteiger partial charge on any atom is -0.457 e. The smallest absolute Gasteiger partial charge is 0.132 e. The van der Waals surface area contributed by atoms with Crippen molar-refractivity contribution in [2.45, 2.75) is 10.8 Å². The zero-order valence-electron chi connectivity index (χ0n) is 29.9. The monoisotopic (exact) mass is 696 g/mol. The normalized spacial score (nSPS) is 15.0. The molecule has 0 aromatic heterocycles. The van der Waals surface area contributed by atoms with Crippen LogP contribution in [0.1, 0.15) is 44.5 Å². The average Bonchev–Trinajstić information content (AvgIpc) is 3.84. The number of fused-ring (bicyclic) bond motifs is 21. The first kappa shape index (κ1) is 29.5. The number of ether oxygens (including phenoxy) is 1. The molecule has 0 saturated carbocycles. The molecule has 1 nitrogen and oxygen atoms in total. The SMILES string of the molecule is c1ccc2c(c1)Oc1ccc(-c3ccc4c(c3)C3(c5ccccc5-c5ccccc53)c3c-4ccc4ccccc34)cc1C21c2ccccc2-c2ccccc21.